The van der Waals surface area contributed by atoms with Gasteiger partial charge in [0.15, 0.2) is 0 Å². The molecule has 2 rings (SSSR count). The number of rotatable bonds is 8. The second-order valence-electron chi connectivity index (χ2n) is 6.10. The quantitative estimate of drug-likeness (QED) is 0.723. The lowest BCUT2D eigenvalue weighted by atomic mass is 10.0. The van der Waals surface area contributed by atoms with Crippen molar-refractivity contribution in [2.24, 2.45) is 0 Å². The highest BCUT2D eigenvalue weighted by Crippen LogP contribution is 2.13. The van der Waals surface area contributed by atoms with E-state index in [1.807, 2.05) is 0 Å². The molecule has 22 heavy (non-hydrogen) atoms. The summed E-state index contributed by atoms with van der Waals surface area (Å²) < 4.78 is 0. The van der Waals surface area contributed by atoms with Gasteiger partial charge in [0.1, 0.15) is 0 Å². The molecule has 1 amide bonds. The lowest BCUT2D eigenvalue weighted by Crippen LogP contribution is -2.44. The van der Waals surface area contributed by atoms with Crippen molar-refractivity contribution in [1.29, 1.82) is 0 Å². The minimum absolute atomic E-state index is 0.185. The molecule has 0 aliphatic carbocycles. The van der Waals surface area contributed by atoms with Crippen LogP contribution in [-0.2, 0) is 11.3 Å². The molecule has 4 heteroatoms. The maximum atomic E-state index is 11.9. The molecule has 0 aromatic heterocycles. The van der Waals surface area contributed by atoms with Gasteiger partial charge in [-0.15, -0.1) is 0 Å². The van der Waals surface area contributed by atoms with Crippen LogP contribution in [-0.4, -0.2) is 43.0 Å². The van der Waals surface area contributed by atoms with Crippen molar-refractivity contribution in [3.63, 3.8) is 0 Å². The maximum Gasteiger partial charge on any atom is 0.221 e. The molecule has 1 aliphatic rings. The monoisotopic (exact) mass is 303 g/mol. The fourth-order valence-corrected chi connectivity index (χ4v) is 2.88. The van der Waals surface area contributed by atoms with Gasteiger partial charge in [0.2, 0.25) is 5.91 Å². The van der Waals surface area contributed by atoms with Gasteiger partial charge in [0, 0.05) is 38.6 Å². The van der Waals surface area contributed by atoms with E-state index < -0.39 is 0 Å². The molecule has 1 aromatic rings. The molecule has 1 aromatic carbocycles. The molecule has 0 atom stereocenters. The summed E-state index contributed by atoms with van der Waals surface area (Å²) in [5, 5.41) is 6.44. The van der Waals surface area contributed by atoms with E-state index in [2.05, 4.69) is 52.8 Å². The van der Waals surface area contributed by atoms with Crippen LogP contribution in [0.5, 0.6) is 0 Å². The van der Waals surface area contributed by atoms with Crippen LogP contribution in [0.3, 0.4) is 0 Å². The van der Waals surface area contributed by atoms with Crippen molar-refractivity contribution in [2.75, 3.05) is 26.2 Å². The summed E-state index contributed by atoms with van der Waals surface area (Å²) >= 11 is 0. The van der Waals surface area contributed by atoms with E-state index in [1.165, 1.54) is 5.56 Å². The van der Waals surface area contributed by atoms with E-state index in [4.69, 9.17) is 0 Å². The Morgan fingerprint density at radius 1 is 1.18 bits per heavy atom. The average molecular weight is 303 g/mol. The maximum absolute atomic E-state index is 11.9. The Morgan fingerprint density at radius 3 is 2.59 bits per heavy atom. The smallest absolute Gasteiger partial charge is 0.221 e. The Bertz CT molecular complexity index is 427. The highest BCUT2D eigenvalue weighted by atomic mass is 16.1. The summed E-state index contributed by atoms with van der Waals surface area (Å²) in [4.78, 5) is 14.4. The highest BCUT2D eigenvalue weighted by molar-refractivity contribution is 5.76. The van der Waals surface area contributed by atoms with Crippen LogP contribution in [0.2, 0.25) is 0 Å². The Morgan fingerprint density at radius 2 is 1.91 bits per heavy atom. The zero-order chi connectivity index (χ0) is 15.6. The molecule has 1 aliphatic heterocycles. The summed E-state index contributed by atoms with van der Waals surface area (Å²) in [5.41, 5.74) is 1.37. The average Bonchev–Trinajstić information content (AvgIpc) is 2.54. The second kappa shape index (κ2) is 9.59. The number of carbonyl (C=O) groups excluding carboxylic acids is 1. The highest BCUT2D eigenvalue weighted by Gasteiger charge is 2.20. The van der Waals surface area contributed by atoms with Gasteiger partial charge >= 0.3 is 0 Å². The van der Waals surface area contributed by atoms with Gasteiger partial charge in [-0.1, -0.05) is 37.3 Å². The number of piperidine rings is 1. The summed E-state index contributed by atoms with van der Waals surface area (Å²) in [5.74, 6) is 0.185. The predicted octanol–water partition coefficient (Wildman–Crippen LogP) is 2.16. The number of amides is 1. The molecule has 1 saturated heterocycles. The van der Waals surface area contributed by atoms with Gasteiger partial charge in [0.25, 0.3) is 0 Å². The Hall–Kier alpha value is -1.39. The van der Waals surface area contributed by atoms with Crippen molar-refractivity contribution in [2.45, 2.75) is 45.2 Å². The van der Waals surface area contributed by atoms with Gasteiger partial charge in [-0.3, -0.25) is 9.69 Å². The Kier molecular flexibility index (Phi) is 7.40. The third-order valence-corrected chi connectivity index (χ3v) is 4.16. The number of likely N-dealkylation sites (tertiary alicyclic amines) is 1. The first kappa shape index (κ1) is 17.0. The largest absolute Gasteiger partial charge is 0.353 e. The van der Waals surface area contributed by atoms with Crippen molar-refractivity contribution >= 4 is 5.91 Å². The fraction of sp³-hybridized carbons (Fsp3) is 0.611. The standard InChI is InChI=1S/C18H29N3O/c1-2-11-19-12-8-18(22)20-17-9-13-21(14-10-17)15-16-6-4-3-5-7-16/h3-7,17,19H,2,8-15H2,1H3,(H,20,22). The van der Waals surface area contributed by atoms with Crippen molar-refractivity contribution in [1.82, 2.24) is 15.5 Å². The molecule has 2 N–H and O–H groups in total. The lowest BCUT2D eigenvalue weighted by Gasteiger charge is -2.32. The first-order valence-corrected chi connectivity index (χ1v) is 8.54. The van der Waals surface area contributed by atoms with Crippen LogP contribution in [0.1, 0.15) is 38.2 Å². The normalized spacial score (nSPS) is 16.6. The molecule has 122 valence electrons. The molecule has 0 unspecified atom stereocenters. The predicted molar refractivity (Wildman–Crippen MR) is 90.7 cm³/mol. The van der Waals surface area contributed by atoms with Gasteiger partial charge in [-0.05, 0) is 31.4 Å². The zero-order valence-electron chi connectivity index (χ0n) is 13.7. The molecule has 0 radical (unpaired) electrons. The van der Waals surface area contributed by atoms with Crippen LogP contribution in [0.15, 0.2) is 30.3 Å². The first-order valence-electron chi connectivity index (χ1n) is 8.54. The third kappa shape index (κ3) is 6.16. The van der Waals surface area contributed by atoms with Crippen LogP contribution in [0, 0.1) is 0 Å². The molecular weight excluding hydrogens is 274 g/mol. The zero-order valence-corrected chi connectivity index (χ0v) is 13.7. The number of carbonyl (C=O) groups is 1. The fourth-order valence-electron chi connectivity index (χ4n) is 2.88. The second-order valence-corrected chi connectivity index (χ2v) is 6.10. The summed E-state index contributed by atoms with van der Waals surface area (Å²) in [6, 6.07) is 10.9. The van der Waals surface area contributed by atoms with E-state index in [-0.39, 0.29) is 5.91 Å². The Balaban J connectivity index is 1.61. The van der Waals surface area contributed by atoms with E-state index in [0.717, 1.165) is 52.0 Å². The third-order valence-electron chi connectivity index (χ3n) is 4.16. The van der Waals surface area contributed by atoms with Crippen molar-refractivity contribution in [3.8, 4) is 0 Å². The number of nitrogens with one attached hydrogen (secondary N) is 2. The van der Waals surface area contributed by atoms with E-state index >= 15 is 0 Å². The van der Waals surface area contributed by atoms with Gasteiger partial charge < -0.3 is 10.6 Å². The minimum atomic E-state index is 0.185. The lowest BCUT2D eigenvalue weighted by molar-refractivity contribution is -0.122. The van der Waals surface area contributed by atoms with Gasteiger partial charge in [-0.25, -0.2) is 0 Å². The number of benzene rings is 1. The Labute approximate surface area is 134 Å². The van der Waals surface area contributed by atoms with Crippen molar-refractivity contribution in [3.05, 3.63) is 35.9 Å². The van der Waals surface area contributed by atoms with Gasteiger partial charge in [-0.2, -0.15) is 0 Å². The topological polar surface area (TPSA) is 44.4 Å². The summed E-state index contributed by atoms with van der Waals surface area (Å²) in [6.07, 6.45) is 3.81. The van der Waals surface area contributed by atoms with Crippen molar-refractivity contribution < 1.29 is 4.79 Å². The SMILES string of the molecule is CCCNCCC(=O)NC1CCN(Cc2ccccc2)CC1. The van der Waals surface area contributed by atoms with E-state index in [1.54, 1.807) is 0 Å². The first-order chi connectivity index (χ1) is 10.8. The van der Waals surface area contributed by atoms with Gasteiger partial charge in [0.05, 0.1) is 0 Å². The minimum Gasteiger partial charge on any atom is -0.353 e. The van der Waals surface area contributed by atoms with E-state index in [0.29, 0.717) is 12.5 Å². The van der Waals surface area contributed by atoms with Crippen LogP contribution < -0.4 is 10.6 Å². The van der Waals surface area contributed by atoms with E-state index in [9.17, 15) is 4.79 Å². The molecule has 0 bridgehead atoms. The molecule has 0 spiro atoms. The number of hydrogen-bond acceptors (Lipinski definition) is 3. The summed E-state index contributed by atoms with van der Waals surface area (Å²) in [7, 11) is 0. The molecule has 1 heterocycles. The van der Waals surface area contributed by atoms with Crippen LogP contribution in [0.25, 0.3) is 0 Å². The molecule has 1 fully saturated rings. The number of nitrogens with zero attached hydrogens (tertiary/aromatic N) is 1. The summed E-state index contributed by atoms with van der Waals surface area (Å²) in [6.45, 7) is 7.05. The van der Waals surface area contributed by atoms with Crippen LogP contribution in [0.4, 0.5) is 0 Å². The number of hydrogen-bond donors (Lipinski definition) is 2. The van der Waals surface area contributed by atoms with Crippen LogP contribution >= 0.6 is 0 Å². The molecule has 0 saturated carbocycles. The molecule has 4 nitrogen and oxygen atoms in total. The molecular formula is C18H29N3O.